The first-order chi connectivity index (χ1) is 45.9. The van der Waals surface area contributed by atoms with Crippen LogP contribution in [0.25, 0.3) is 109 Å². The number of nitrogens with two attached hydrogens (primary N) is 6. The van der Waals surface area contributed by atoms with E-state index in [-0.39, 0.29) is 64.6 Å². The molecule has 0 unspecified atom stereocenters. The molecular formula is C60H36Br6N18O8S4. The number of nitro groups is 4. The summed E-state index contributed by atoms with van der Waals surface area (Å²) in [7, 11) is 0. The molecule has 0 aliphatic heterocycles. The van der Waals surface area contributed by atoms with E-state index in [0.29, 0.717) is 22.7 Å². The summed E-state index contributed by atoms with van der Waals surface area (Å²) in [6, 6.07) is 42.8. The zero-order chi connectivity index (χ0) is 68.5. The lowest BCUT2D eigenvalue weighted by Crippen LogP contribution is -2.00. The standard InChI is InChI=1S/C10H2Br2N4S2.C10H4Br2N2O4.C10H6Br2.C10H8N4O4.C10H4N4S2.C10H12N4/c11-5-1-3-4(8-9(5)15-18-14-8)2-6(12)10-7(3)13-17-16-10;11-7-3-1-5-6(10(7)14(17)18)2-4-8(12)9(5)13(15)16;11-9-3-1-7-5-10(12)4-2-8(7)6-9;11-7-3-1-5-6(10(7)14(17)18)2-4-8(12)9(5)13(15)16;1-3-7-10(14-15-11-7)6-2-4-8-9(5(1)6)13-16-12-8;11-7-3-1-5-6(10(7)14)2-4-8(12)9(5)13/h1-2H;1-4H;1-6H;1-4H,11-12H2;1-4H;1-4H,11-14H2. The van der Waals surface area contributed by atoms with Crippen LogP contribution in [0.1, 0.15) is 0 Å². The maximum Gasteiger partial charge on any atom is 0.300 e. The number of nitrogen functional groups attached to an aromatic ring is 6. The summed E-state index contributed by atoms with van der Waals surface area (Å²) in [5, 5.41) is 53.0. The van der Waals surface area contributed by atoms with Crippen molar-refractivity contribution in [1.29, 1.82) is 0 Å². The van der Waals surface area contributed by atoms with Gasteiger partial charge in [0, 0.05) is 50.2 Å². The Kier molecular flexibility index (Phi) is 20.3. The van der Waals surface area contributed by atoms with E-state index in [1.165, 1.54) is 106 Å². The third-order valence-electron chi connectivity index (χ3n) is 14.5. The molecule has 0 bridgehead atoms. The Morgan fingerprint density at radius 1 is 0.281 bits per heavy atom. The maximum atomic E-state index is 11.0. The van der Waals surface area contributed by atoms with Crippen LogP contribution in [0, 0.1) is 40.5 Å². The van der Waals surface area contributed by atoms with E-state index in [0.717, 1.165) is 94.3 Å². The van der Waals surface area contributed by atoms with Crippen molar-refractivity contribution < 1.29 is 19.7 Å². The summed E-state index contributed by atoms with van der Waals surface area (Å²) < 4.78 is 39.2. The summed E-state index contributed by atoms with van der Waals surface area (Å²) in [6.45, 7) is 0. The van der Waals surface area contributed by atoms with Crippen molar-refractivity contribution in [1.82, 2.24) is 35.0 Å². The minimum atomic E-state index is -0.669. The van der Waals surface area contributed by atoms with Gasteiger partial charge in [0.1, 0.15) is 55.5 Å². The van der Waals surface area contributed by atoms with Gasteiger partial charge >= 0.3 is 0 Å². The lowest BCUT2D eigenvalue weighted by molar-refractivity contribution is -0.385. The smallest absolute Gasteiger partial charge is 0.300 e. The normalized spacial score (nSPS) is 11.0. The Hall–Kier alpha value is -9.24. The Bertz CT molecular complexity index is 5400. The van der Waals surface area contributed by atoms with Crippen LogP contribution in [-0.2, 0) is 0 Å². The van der Waals surface area contributed by atoms with Gasteiger partial charge in [-0.25, -0.2) is 0 Å². The summed E-state index contributed by atoms with van der Waals surface area (Å²) in [5.41, 5.74) is 42.4. The number of nitro benzene ring substituents is 4. The lowest BCUT2D eigenvalue weighted by Gasteiger charge is -2.09. The van der Waals surface area contributed by atoms with E-state index in [1.807, 2.05) is 48.5 Å². The van der Waals surface area contributed by atoms with Crippen molar-refractivity contribution in [3.63, 3.8) is 0 Å². The predicted molar refractivity (Wildman–Crippen MR) is 407 cm³/mol. The van der Waals surface area contributed by atoms with E-state index in [4.69, 9.17) is 34.4 Å². The number of hydrogen-bond acceptors (Lipinski definition) is 26. The van der Waals surface area contributed by atoms with Crippen LogP contribution >= 0.6 is 142 Å². The fourth-order valence-electron chi connectivity index (χ4n) is 10.1. The highest BCUT2D eigenvalue weighted by molar-refractivity contribution is 9.11. The van der Waals surface area contributed by atoms with Crippen LogP contribution in [0.2, 0.25) is 0 Å². The summed E-state index contributed by atoms with van der Waals surface area (Å²) >= 11 is 25.0. The molecule has 0 spiro atoms. The van der Waals surface area contributed by atoms with E-state index >= 15 is 0 Å². The molecule has 480 valence electrons. The quantitative estimate of drug-likeness (QED) is 0.0541. The van der Waals surface area contributed by atoms with Gasteiger partial charge in [0.2, 0.25) is 0 Å². The van der Waals surface area contributed by atoms with Gasteiger partial charge < -0.3 is 34.4 Å². The molecule has 26 nitrogen and oxygen atoms in total. The number of halogens is 6. The monoisotopic (exact) mass is 1740 g/mol. The molecule has 0 saturated heterocycles. The number of aromatic nitrogens is 8. The molecule has 0 amide bonds. The average molecular weight is 1740 g/mol. The number of anilines is 6. The SMILES string of the molecule is Brc1cc2c(cc(Br)c3nsnc32)c2nsnc12.Brc1ccc2cc(Br)ccc2c1.Nc1ccc2c(N)c(N)ccc2c1N.Nc1ccc2c([N+](=O)[O-])c(N)ccc2c1[N+](=O)[O-].O=[N+]([O-])c1c(Br)ccc2c([N+](=O)[O-])c(Br)ccc12.c1cc2c(ccc3nsnc32)c2nsnc12. The molecule has 0 aliphatic rings. The Morgan fingerprint density at radius 2 is 0.583 bits per heavy atom. The molecule has 0 aliphatic carbocycles. The molecule has 36 heteroatoms. The van der Waals surface area contributed by atoms with Crippen LogP contribution < -0.4 is 34.4 Å². The molecule has 16 aromatic rings. The molecule has 0 saturated carbocycles. The van der Waals surface area contributed by atoms with Gasteiger partial charge in [-0.2, -0.15) is 35.0 Å². The first-order valence-corrected chi connectivity index (χ1v) is 34.6. The highest BCUT2D eigenvalue weighted by atomic mass is 79.9. The number of benzene rings is 12. The second kappa shape index (κ2) is 28.6. The molecule has 4 heterocycles. The van der Waals surface area contributed by atoms with E-state index < -0.39 is 19.7 Å². The Labute approximate surface area is 604 Å². The second-order valence-electron chi connectivity index (χ2n) is 20.1. The van der Waals surface area contributed by atoms with Gasteiger partial charge in [0.05, 0.1) is 120 Å². The average Bonchev–Trinajstić information content (AvgIpc) is 1.55. The molecule has 4 aromatic heterocycles. The number of rotatable bonds is 4. The summed E-state index contributed by atoms with van der Waals surface area (Å²) in [6.07, 6.45) is 0. The maximum absolute atomic E-state index is 11.0. The van der Waals surface area contributed by atoms with Crippen molar-refractivity contribution in [3.8, 4) is 0 Å². The van der Waals surface area contributed by atoms with Crippen LogP contribution in [0.4, 0.5) is 56.9 Å². The van der Waals surface area contributed by atoms with Crippen LogP contribution in [0.3, 0.4) is 0 Å². The molecule has 0 fully saturated rings. The zero-order valence-corrected chi connectivity index (χ0v) is 60.6. The van der Waals surface area contributed by atoms with Crippen LogP contribution in [-0.4, -0.2) is 54.7 Å². The molecule has 0 radical (unpaired) electrons. The van der Waals surface area contributed by atoms with Crippen molar-refractivity contribution in [2.24, 2.45) is 0 Å². The van der Waals surface area contributed by atoms with Crippen molar-refractivity contribution in [2.75, 3.05) is 34.4 Å². The van der Waals surface area contributed by atoms with Gasteiger partial charge in [0.25, 0.3) is 22.7 Å². The zero-order valence-electron chi connectivity index (χ0n) is 47.9. The van der Waals surface area contributed by atoms with E-state index in [1.54, 1.807) is 12.1 Å². The third kappa shape index (κ3) is 13.6. The third-order valence-corrected chi connectivity index (χ3v) is 20.1. The fourth-order valence-corrected chi connectivity index (χ4v) is 15.3. The Balaban J connectivity index is 0.000000118. The fraction of sp³-hybridized carbons (Fsp3) is 0. The van der Waals surface area contributed by atoms with Gasteiger partial charge in [-0.3, -0.25) is 40.5 Å². The van der Waals surface area contributed by atoms with Crippen molar-refractivity contribution >= 4 is 308 Å². The molecular weight excluding hydrogens is 1710 g/mol. The lowest BCUT2D eigenvalue weighted by atomic mass is 10.0. The second-order valence-corrected chi connectivity index (χ2v) is 27.5. The van der Waals surface area contributed by atoms with Crippen molar-refractivity contribution in [2.45, 2.75) is 0 Å². The number of fused-ring (bicyclic) bond motifs is 14. The summed E-state index contributed by atoms with van der Waals surface area (Å²) in [4.78, 5) is 41.4. The predicted octanol–water partition coefficient (Wildman–Crippen LogP) is 18.8. The molecule has 96 heavy (non-hydrogen) atoms. The number of hydrogen-bond donors (Lipinski definition) is 6. The van der Waals surface area contributed by atoms with Crippen molar-refractivity contribution in [3.05, 3.63) is 213 Å². The highest BCUT2D eigenvalue weighted by Gasteiger charge is 2.26. The van der Waals surface area contributed by atoms with E-state index in [9.17, 15) is 40.5 Å². The molecule has 12 aromatic carbocycles. The Morgan fingerprint density at radius 3 is 0.958 bits per heavy atom. The first-order valence-electron chi connectivity index (χ1n) is 26.9. The summed E-state index contributed by atoms with van der Waals surface area (Å²) in [5.74, 6) is 0. The van der Waals surface area contributed by atoms with Crippen LogP contribution in [0.15, 0.2) is 172 Å². The van der Waals surface area contributed by atoms with Gasteiger partial charge in [-0.05, 0) is 196 Å². The van der Waals surface area contributed by atoms with Gasteiger partial charge in [-0.15, -0.1) is 0 Å². The topological polar surface area (TPSA) is 432 Å². The largest absolute Gasteiger partial charge is 0.397 e. The minimum absolute atomic E-state index is 0.0495. The van der Waals surface area contributed by atoms with Gasteiger partial charge in [0.15, 0.2) is 0 Å². The number of nitrogens with zero attached hydrogens (tertiary/aromatic N) is 12. The van der Waals surface area contributed by atoms with Crippen LogP contribution in [0.5, 0.6) is 0 Å². The molecule has 12 N–H and O–H groups in total. The highest BCUT2D eigenvalue weighted by Crippen LogP contribution is 2.43. The molecule has 0 atom stereocenters. The van der Waals surface area contributed by atoms with E-state index in [2.05, 4.69) is 167 Å². The minimum Gasteiger partial charge on any atom is -0.397 e. The first kappa shape index (κ1) is 68.2. The van der Waals surface area contributed by atoms with Gasteiger partial charge in [-0.1, -0.05) is 56.1 Å². The molecule has 16 rings (SSSR count).